The second-order valence-corrected chi connectivity index (χ2v) is 7.97. The number of carbonyl (C=O) groups is 1. The topological polar surface area (TPSA) is 49.5 Å². The molecule has 1 fully saturated rings. The SMILES string of the molecule is CCC(CC)O[C@@H]1C=C(C(=O)O)C[C@@H]2[C@H]1N2C(c1ccccc1)c1ccccc1. The summed E-state index contributed by atoms with van der Waals surface area (Å²) in [6, 6.07) is 21.5. The van der Waals surface area contributed by atoms with Crippen LogP contribution in [0.3, 0.4) is 0 Å². The van der Waals surface area contributed by atoms with Crippen LogP contribution in [0.25, 0.3) is 0 Å². The van der Waals surface area contributed by atoms with E-state index < -0.39 is 5.97 Å². The normalized spacial score (nSPS) is 25.6. The summed E-state index contributed by atoms with van der Waals surface area (Å²) in [7, 11) is 0. The average Bonchev–Trinajstić information content (AvgIpc) is 3.47. The van der Waals surface area contributed by atoms with Gasteiger partial charge in [0.15, 0.2) is 0 Å². The smallest absolute Gasteiger partial charge is 0.331 e. The van der Waals surface area contributed by atoms with Gasteiger partial charge in [-0.15, -0.1) is 0 Å². The Balaban J connectivity index is 1.68. The lowest BCUT2D eigenvalue weighted by atomic mass is 9.97. The summed E-state index contributed by atoms with van der Waals surface area (Å²) in [6.45, 7) is 4.25. The third-order valence-corrected chi connectivity index (χ3v) is 6.23. The number of hydrogen-bond donors (Lipinski definition) is 1. The molecule has 152 valence electrons. The number of nitrogens with zero attached hydrogens (tertiary/aromatic N) is 1. The van der Waals surface area contributed by atoms with Gasteiger partial charge in [0.1, 0.15) is 0 Å². The predicted octanol–water partition coefficient (Wildman–Crippen LogP) is 4.82. The molecule has 4 atom stereocenters. The second-order valence-electron chi connectivity index (χ2n) is 7.97. The first-order chi connectivity index (χ1) is 14.1. The van der Waals surface area contributed by atoms with Gasteiger partial charge in [-0.05, 0) is 36.5 Å². The lowest BCUT2D eigenvalue weighted by molar-refractivity contribution is -0.133. The van der Waals surface area contributed by atoms with Gasteiger partial charge < -0.3 is 9.84 Å². The van der Waals surface area contributed by atoms with Crippen molar-refractivity contribution >= 4 is 5.97 Å². The molecule has 1 N–H and O–H groups in total. The van der Waals surface area contributed by atoms with Crippen LogP contribution in [0.2, 0.25) is 0 Å². The molecule has 1 unspecified atom stereocenters. The molecule has 4 rings (SSSR count). The quantitative estimate of drug-likeness (QED) is 0.656. The van der Waals surface area contributed by atoms with Gasteiger partial charge >= 0.3 is 5.97 Å². The van der Waals surface area contributed by atoms with Crippen LogP contribution in [0.5, 0.6) is 0 Å². The van der Waals surface area contributed by atoms with Crippen LogP contribution in [-0.4, -0.2) is 40.3 Å². The average molecular weight is 392 g/mol. The van der Waals surface area contributed by atoms with Gasteiger partial charge in [-0.25, -0.2) is 4.79 Å². The maximum absolute atomic E-state index is 11.8. The lowest BCUT2D eigenvalue weighted by Gasteiger charge is -2.25. The molecule has 1 heterocycles. The van der Waals surface area contributed by atoms with Crippen molar-refractivity contribution in [2.75, 3.05) is 0 Å². The number of ether oxygens (including phenoxy) is 1. The van der Waals surface area contributed by atoms with Gasteiger partial charge in [-0.2, -0.15) is 0 Å². The number of carboxylic acid groups (broad SMARTS) is 1. The Morgan fingerprint density at radius 1 is 1.03 bits per heavy atom. The van der Waals surface area contributed by atoms with Crippen molar-refractivity contribution in [2.24, 2.45) is 0 Å². The Hall–Kier alpha value is -2.43. The molecule has 0 bridgehead atoms. The third kappa shape index (κ3) is 4.00. The van der Waals surface area contributed by atoms with Crippen molar-refractivity contribution in [3.8, 4) is 0 Å². The Morgan fingerprint density at radius 2 is 1.59 bits per heavy atom. The van der Waals surface area contributed by atoms with E-state index in [2.05, 4.69) is 67.3 Å². The van der Waals surface area contributed by atoms with Crippen molar-refractivity contribution in [1.29, 1.82) is 0 Å². The molecular weight excluding hydrogens is 362 g/mol. The molecule has 29 heavy (non-hydrogen) atoms. The minimum absolute atomic E-state index is 0.0988. The number of carboxylic acids is 1. The Morgan fingerprint density at radius 3 is 2.07 bits per heavy atom. The van der Waals surface area contributed by atoms with E-state index in [-0.39, 0.29) is 30.3 Å². The fourth-order valence-corrected chi connectivity index (χ4v) is 4.68. The van der Waals surface area contributed by atoms with Crippen LogP contribution in [-0.2, 0) is 9.53 Å². The van der Waals surface area contributed by atoms with Crippen LogP contribution >= 0.6 is 0 Å². The maximum Gasteiger partial charge on any atom is 0.331 e. The summed E-state index contributed by atoms with van der Waals surface area (Å²) in [6.07, 6.45) is 4.26. The molecule has 0 radical (unpaired) electrons. The van der Waals surface area contributed by atoms with Gasteiger partial charge in [0.2, 0.25) is 0 Å². The number of aliphatic carboxylic acids is 1. The zero-order valence-electron chi connectivity index (χ0n) is 17.1. The molecule has 0 spiro atoms. The second kappa shape index (κ2) is 8.52. The summed E-state index contributed by atoms with van der Waals surface area (Å²) in [5.41, 5.74) is 2.93. The van der Waals surface area contributed by atoms with Crippen LogP contribution in [0.4, 0.5) is 0 Å². The fraction of sp³-hybridized carbons (Fsp3) is 0.400. The highest BCUT2D eigenvalue weighted by atomic mass is 16.5. The zero-order valence-corrected chi connectivity index (χ0v) is 17.1. The third-order valence-electron chi connectivity index (χ3n) is 6.23. The van der Waals surface area contributed by atoms with E-state index in [1.807, 2.05) is 18.2 Å². The van der Waals surface area contributed by atoms with E-state index in [0.29, 0.717) is 12.0 Å². The molecule has 1 aliphatic heterocycles. The van der Waals surface area contributed by atoms with Crippen LogP contribution < -0.4 is 0 Å². The Bertz CT molecular complexity index is 821. The van der Waals surface area contributed by atoms with Crippen LogP contribution in [0, 0.1) is 0 Å². The van der Waals surface area contributed by atoms with Crippen molar-refractivity contribution in [3.63, 3.8) is 0 Å². The minimum atomic E-state index is -0.829. The number of hydrogen-bond acceptors (Lipinski definition) is 3. The molecule has 1 saturated heterocycles. The summed E-state index contributed by atoms with van der Waals surface area (Å²) >= 11 is 0. The molecule has 2 aromatic carbocycles. The summed E-state index contributed by atoms with van der Waals surface area (Å²) in [5.74, 6) is -0.829. The minimum Gasteiger partial charge on any atom is -0.478 e. The highest BCUT2D eigenvalue weighted by molar-refractivity contribution is 5.87. The molecule has 2 aliphatic rings. The standard InChI is InChI=1S/C25H29NO3/c1-3-20(4-2)29-22-16-19(25(27)28)15-21-24(22)26(21)23(17-11-7-5-8-12-17)18-13-9-6-10-14-18/h5-14,16,20-24H,3-4,15H2,1-2H3,(H,27,28)/t21-,22-,24-,26?/m1/s1. The van der Waals surface area contributed by atoms with E-state index in [0.717, 1.165) is 12.8 Å². The molecule has 4 heteroatoms. The van der Waals surface area contributed by atoms with Crippen molar-refractivity contribution in [3.05, 3.63) is 83.4 Å². The Labute approximate surface area is 172 Å². The van der Waals surface area contributed by atoms with E-state index >= 15 is 0 Å². The first-order valence-electron chi connectivity index (χ1n) is 10.6. The van der Waals surface area contributed by atoms with Crippen molar-refractivity contribution in [1.82, 2.24) is 4.90 Å². The summed E-state index contributed by atoms with van der Waals surface area (Å²) in [5, 5.41) is 9.66. The predicted molar refractivity (Wildman–Crippen MR) is 114 cm³/mol. The van der Waals surface area contributed by atoms with E-state index in [1.54, 1.807) is 0 Å². The molecular formula is C25H29NO3. The van der Waals surface area contributed by atoms with Crippen LogP contribution in [0.1, 0.15) is 50.3 Å². The number of benzene rings is 2. The molecule has 4 nitrogen and oxygen atoms in total. The van der Waals surface area contributed by atoms with Crippen molar-refractivity contribution < 1.29 is 14.6 Å². The van der Waals surface area contributed by atoms with E-state index in [1.165, 1.54) is 11.1 Å². The molecule has 0 amide bonds. The highest BCUT2D eigenvalue weighted by Gasteiger charge is 2.58. The van der Waals surface area contributed by atoms with Crippen molar-refractivity contribution in [2.45, 2.75) is 63.4 Å². The summed E-state index contributed by atoms with van der Waals surface area (Å²) in [4.78, 5) is 14.2. The number of fused-ring (bicyclic) bond motifs is 1. The highest BCUT2D eigenvalue weighted by Crippen LogP contribution is 2.49. The molecule has 0 saturated carbocycles. The molecule has 2 aromatic rings. The van der Waals surface area contributed by atoms with Gasteiger partial charge in [-0.1, -0.05) is 74.5 Å². The van der Waals surface area contributed by atoms with E-state index in [9.17, 15) is 9.90 Å². The zero-order chi connectivity index (χ0) is 20.4. The van der Waals surface area contributed by atoms with E-state index in [4.69, 9.17) is 4.74 Å². The fourth-order valence-electron chi connectivity index (χ4n) is 4.68. The van der Waals surface area contributed by atoms with Gasteiger partial charge in [0, 0.05) is 11.6 Å². The number of rotatable bonds is 8. The summed E-state index contributed by atoms with van der Waals surface area (Å²) < 4.78 is 6.39. The first kappa shape index (κ1) is 19.9. The first-order valence-corrected chi connectivity index (χ1v) is 10.6. The van der Waals surface area contributed by atoms with Gasteiger partial charge in [0.25, 0.3) is 0 Å². The van der Waals surface area contributed by atoms with Gasteiger partial charge in [0.05, 0.1) is 24.3 Å². The Kier molecular flexibility index (Phi) is 5.84. The molecule has 1 aliphatic carbocycles. The van der Waals surface area contributed by atoms with Gasteiger partial charge in [-0.3, -0.25) is 4.90 Å². The largest absolute Gasteiger partial charge is 0.478 e. The maximum atomic E-state index is 11.8. The molecule has 0 aromatic heterocycles. The lowest BCUT2D eigenvalue weighted by Crippen LogP contribution is -2.30. The van der Waals surface area contributed by atoms with Crippen LogP contribution in [0.15, 0.2) is 72.3 Å². The monoisotopic (exact) mass is 391 g/mol.